The minimum absolute atomic E-state index is 0.116. The number of aromatic nitrogens is 1. The maximum atomic E-state index is 13.6. The van der Waals surface area contributed by atoms with Crippen molar-refractivity contribution in [3.8, 4) is 0 Å². The average Bonchev–Trinajstić information content (AvgIpc) is 2.82. The third-order valence-corrected chi connectivity index (χ3v) is 3.08. The summed E-state index contributed by atoms with van der Waals surface area (Å²) in [5.74, 6) is -0.766. The maximum Gasteiger partial charge on any atom is 0.257 e. The van der Waals surface area contributed by atoms with Gasteiger partial charge in [-0.1, -0.05) is 18.2 Å². The van der Waals surface area contributed by atoms with E-state index in [-0.39, 0.29) is 11.5 Å². The number of benzene rings is 1. The van der Waals surface area contributed by atoms with Gasteiger partial charge in [0.15, 0.2) is 0 Å². The largest absolute Gasteiger partial charge is 0.328 e. The highest BCUT2D eigenvalue weighted by atomic mass is 19.1. The molecule has 1 aromatic heterocycles. The first-order chi connectivity index (χ1) is 8.75. The number of rotatable bonds is 1. The van der Waals surface area contributed by atoms with E-state index in [1.54, 1.807) is 23.2 Å². The summed E-state index contributed by atoms with van der Waals surface area (Å²) >= 11 is 0. The molecule has 0 fully saturated rings. The van der Waals surface area contributed by atoms with E-state index in [2.05, 4.69) is 4.98 Å². The van der Waals surface area contributed by atoms with Gasteiger partial charge >= 0.3 is 0 Å². The van der Waals surface area contributed by atoms with E-state index in [9.17, 15) is 9.18 Å². The number of carbonyl (C=O) groups is 1. The van der Waals surface area contributed by atoms with Crippen molar-refractivity contribution < 1.29 is 9.18 Å². The first-order valence-electron chi connectivity index (χ1n) is 5.72. The van der Waals surface area contributed by atoms with Crippen molar-refractivity contribution >= 4 is 5.91 Å². The molecule has 90 valence electrons. The molecule has 2 aromatic rings. The number of amides is 1. The number of pyridine rings is 1. The molecule has 1 aliphatic rings. The Morgan fingerprint density at radius 3 is 2.78 bits per heavy atom. The number of carbonyl (C=O) groups excluding carboxylic acids is 1. The summed E-state index contributed by atoms with van der Waals surface area (Å²) in [6, 6.07) is 9.83. The van der Waals surface area contributed by atoms with Crippen molar-refractivity contribution in [2.24, 2.45) is 0 Å². The van der Waals surface area contributed by atoms with Crippen molar-refractivity contribution in [1.82, 2.24) is 9.88 Å². The first kappa shape index (κ1) is 10.9. The molecule has 4 heteroatoms. The van der Waals surface area contributed by atoms with Crippen LogP contribution < -0.4 is 0 Å². The second-order valence-electron chi connectivity index (χ2n) is 4.25. The van der Waals surface area contributed by atoms with Gasteiger partial charge in [0, 0.05) is 12.7 Å². The molecule has 3 nitrogen and oxygen atoms in total. The molecule has 18 heavy (non-hydrogen) atoms. The number of halogens is 1. The van der Waals surface area contributed by atoms with Gasteiger partial charge in [0.2, 0.25) is 0 Å². The van der Waals surface area contributed by atoms with Crippen LogP contribution in [-0.4, -0.2) is 15.8 Å². The summed E-state index contributed by atoms with van der Waals surface area (Å²) in [6.45, 7) is 0.944. The van der Waals surface area contributed by atoms with Crippen molar-refractivity contribution in [2.45, 2.75) is 13.1 Å². The van der Waals surface area contributed by atoms with E-state index in [0.717, 1.165) is 11.3 Å². The summed E-state index contributed by atoms with van der Waals surface area (Å²) in [4.78, 5) is 18.0. The van der Waals surface area contributed by atoms with Crippen LogP contribution in [0.3, 0.4) is 0 Å². The molecule has 0 radical (unpaired) electrons. The molecule has 0 spiro atoms. The van der Waals surface area contributed by atoms with Crippen LogP contribution in [0.5, 0.6) is 0 Å². The predicted molar refractivity (Wildman–Crippen MR) is 64.2 cm³/mol. The van der Waals surface area contributed by atoms with Gasteiger partial charge in [0.05, 0.1) is 17.8 Å². The Bertz CT molecular complexity index is 587. The minimum atomic E-state index is -0.480. The minimum Gasteiger partial charge on any atom is -0.328 e. The van der Waals surface area contributed by atoms with Crippen LogP contribution in [0, 0.1) is 5.82 Å². The van der Waals surface area contributed by atoms with Crippen molar-refractivity contribution in [3.05, 3.63) is 65.2 Å². The standard InChI is InChI=1S/C14H11FN2O/c15-12-6-2-1-5-11(12)14(18)17-8-10-4-3-7-16-13(10)9-17/h1-7H,8-9H2. The van der Waals surface area contributed by atoms with Crippen molar-refractivity contribution in [2.75, 3.05) is 0 Å². The normalized spacial score (nSPS) is 13.5. The van der Waals surface area contributed by atoms with Gasteiger partial charge in [0.1, 0.15) is 5.82 Å². The Hall–Kier alpha value is -2.23. The van der Waals surface area contributed by atoms with Crippen molar-refractivity contribution in [3.63, 3.8) is 0 Å². The molecule has 0 atom stereocenters. The molecular weight excluding hydrogens is 231 g/mol. The van der Waals surface area contributed by atoms with Crippen LogP contribution in [0.25, 0.3) is 0 Å². The Labute approximate surface area is 104 Å². The van der Waals surface area contributed by atoms with Gasteiger partial charge in [-0.15, -0.1) is 0 Å². The summed E-state index contributed by atoms with van der Waals surface area (Å²) in [5.41, 5.74) is 2.04. The van der Waals surface area contributed by atoms with Crippen LogP contribution in [0.1, 0.15) is 21.6 Å². The molecule has 0 saturated carbocycles. The molecule has 1 aromatic carbocycles. The second kappa shape index (κ2) is 4.22. The van der Waals surface area contributed by atoms with Crippen molar-refractivity contribution in [1.29, 1.82) is 0 Å². The average molecular weight is 242 g/mol. The van der Waals surface area contributed by atoms with E-state index in [1.807, 2.05) is 12.1 Å². The SMILES string of the molecule is O=C(c1ccccc1F)N1Cc2cccnc2C1. The number of nitrogens with zero attached hydrogens (tertiary/aromatic N) is 2. The summed E-state index contributed by atoms with van der Waals surface area (Å²) < 4.78 is 13.6. The number of hydrogen-bond donors (Lipinski definition) is 0. The molecule has 0 saturated heterocycles. The summed E-state index contributed by atoms with van der Waals surface area (Å²) in [5, 5.41) is 0. The van der Waals surface area contributed by atoms with Crippen LogP contribution >= 0.6 is 0 Å². The Balaban J connectivity index is 1.87. The third kappa shape index (κ3) is 1.76. The smallest absolute Gasteiger partial charge is 0.257 e. The number of hydrogen-bond acceptors (Lipinski definition) is 2. The molecule has 0 aliphatic carbocycles. The quantitative estimate of drug-likeness (QED) is 0.769. The van der Waals surface area contributed by atoms with E-state index >= 15 is 0 Å². The van der Waals surface area contributed by atoms with E-state index in [0.29, 0.717) is 13.1 Å². The van der Waals surface area contributed by atoms with Crippen LogP contribution in [0.15, 0.2) is 42.6 Å². The molecule has 3 rings (SSSR count). The monoisotopic (exact) mass is 242 g/mol. The van der Waals surface area contributed by atoms with Gasteiger partial charge in [0.25, 0.3) is 5.91 Å². The van der Waals surface area contributed by atoms with Gasteiger partial charge < -0.3 is 4.90 Å². The van der Waals surface area contributed by atoms with Gasteiger partial charge in [-0.3, -0.25) is 9.78 Å². The fraction of sp³-hybridized carbons (Fsp3) is 0.143. The predicted octanol–water partition coefficient (Wildman–Crippen LogP) is 2.38. The van der Waals surface area contributed by atoms with E-state index < -0.39 is 5.82 Å². The Morgan fingerprint density at radius 2 is 2.00 bits per heavy atom. The highest BCUT2D eigenvalue weighted by Crippen LogP contribution is 2.22. The molecule has 0 bridgehead atoms. The fourth-order valence-corrected chi connectivity index (χ4v) is 2.15. The molecule has 0 unspecified atom stereocenters. The van der Waals surface area contributed by atoms with Crippen LogP contribution in [-0.2, 0) is 13.1 Å². The molecule has 1 aliphatic heterocycles. The summed E-state index contributed by atoms with van der Waals surface area (Å²) in [7, 11) is 0. The highest BCUT2D eigenvalue weighted by Gasteiger charge is 2.26. The maximum absolute atomic E-state index is 13.6. The van der Waals surface area contributed by atoms with Crippen LogP contribution in [0.2, 0.25) is 0 Å². The van der Waals surface area contributed by atoms with Crippen LogP contribution in [0.4, 0.5) is 4.39 Å². The van der Waals surface area contributed by atoms with Gasteiger partial charge in [-0.25, -0.2) is 4.39 Å². The zero-order chi connectivity index (χ0) is 12.5. The first-order valence-corrected chi connectivity index (χ1v) is 5.72. The highest BCUT2D eigenvalue weighted by molar-refractivity contribution is 5.94. The lowest BCUT2D eigenvalue weighted by Crippen LogP contribution is -2.26. The topological polar surface area (TPSA) is 33.2 Å². The molecule has 0 N–H and O–H groups in total. The lowest BCUT2D eigenvalue weighted by Gasteiger charge is -2.15. The van der Waals surface area contributed by atoms with E-state index in [1.165, 1.54) is 12.1 Å². The van der Waals surface area contributed by atoms with Gasteiger partial charge in [-0.05, 0) is 23.8 Å². The molecule has 2 heterocycles. The lowest BCUT2D eigenvalue weighted by molar-refractivity contribution is 0.0745. The third-order valence-electron chi connectivity index (χ3n) is 3.08. The molecular formula is C14H11FN2O. The van der Waals surface area contributed by atoms with Gasteiger partial charge in [-0.2, -0.15) is 0 Å². The zero-order valence-electron chi connectivity index (χ0n) is 9.64. The molecule has 1 amide bonds. The second-order valence-corrected chi connectivity index (χ2v) is 4.25. The fourth-order valence-electron chi connectivity index (χ4n) is 2.15. The Morgan fingerprint density at radius 1 is 1.17 bits per heavy atom. The Kier molecular flexibility index (Phi) is 2.55. The lowest BCUT2D eigenvalue weighted by atomic mass is 10.2. The van der Waals surface area contributed by atoms with E-state index in [4.69, 9.17) is 0 Å². The number of fused-ring (bicyclic) bond motifs is 1. The summed E-state index contributed by atoms with van der Waals surface area (Å²) in [6.07, 6.45) is 1.70. The zero-order valence-corrected chi connectivity index (χ0v) is 9.64.